The van der Waals surface area contributed by atoms with Crippen LogP contribution in [-0.4, -0.2) is 82.3 Å². The molecule has 0 saturated heterocycles. The Morgan fingerprint density at radius 2 is 0.885 bits per heavy atom. The van der Waals surface area contributed by atoms with Crippen molar-refractivity contribution in [3.8, 4) is 0 Å². The lowest BCUT2D eigenvalue weighted by molar-refractivity contribution is -0.870. The number of ether oxygens (including phenoxy) is 4. The number of carboxylic acids is 1. The van der Waals surface area contributed by atoms with Gasteiger partial charge in [0.2, 0.25) is 0 Å². The SMILES string of the molecule is CCCCCC/C=C\CCCCCCCC(=O)OCC(COC(OCC[N+](C)(C)C)C(=O)[O-])OC(=O)CCCCCCCCCCCCC/C=C\C/C=C\CCCCCCC. The van der Waals surface area contributed by atoms with E-state index in [9.17, 15) is 19.5 Å². The Hall–Kier alpha value is -2.49. The average Bonchev–Trinajstić information content (AvgIpc) is 3.22. The first-order valence-corrected chi connectivity index (χ1v) is 25.1. The molecule has 0 aliphatic heterocycles. The van der Waals surface area contributed by atoms with Crippen molar-refractivity contribution in [2.75, 3.05) is 47.5 Å². The van der Waals surface area contributed by atoms with Gasteiger partial charge in [0, 0.05) is 12.8 Å². The highest BCUT2D eigenvalue weighted by molar-refractivity contribution is 5.70. The van der Waals surface area contributed by atoms with Crippen molar-refractivity contribution in [2.45, 2.75) is 232 Å². The second kappa shape index (κ2) is 44.1. The third kappa shape index (κ3) is 45.4. The van der Waals surface area contributed by atoms with Gasteiger partial charge in [-0.3, -0.25) is 9.59 Å². The maximum Gasteiger partial charge on any atom is 0.306 e. The highest BCUT2D eigenvalue weighted by Crippen LogP contribution is 2.15. The fourth-order valence-corrected chi connectivity index (χ4v) is 6.91. The molecule has 0 spiro atoms. The number of hydrogen-bond donors (Lipinski definition) is 0. The largest absolute Gasteiger partial charge is 0.545 e. The maximum absolute atomic E-state index is 12.8. The number of carbonyl (C=O) groups is 3. The van der Waals surface area contributed by atoms with Crippen LogP contribution in [0.3, 0.4) is 0 Å². The topological polar surface area (TPSA) is 111 Å². The molecule has 0 rings (SSSR count). The molecule has 0 aromatic heterocycles. The quantitative estimate of drug-likeness (QED) is 0.0196. The number of esters is 2. The van der Waals surface area contributed by atoms with Gasteiger partial charge < -0.3 is 33.3 Å². The summed E-state index contributed by atoms with van der Waals surface area (Å²) in [6, 6.07) is 0. The van der Waals surface area contributed by atoms with Crippen LogP contribution in [0.1, 0.15) is 219 Å². The first-order chi connectivity index (χ1) is 29.6. The molecule has 2 unspecified atom stereocenters. The van der Waals surface area contributed by atoms with Crippen LogP contribution in [0.4, 0.5) is 0 Å². The van der Waals surface area contributed by atoms with Crippen molar-refractivity contribution in [1.29, 1.82) is 0 Å². The molecule has 9 heteroatoms. The minimum absolute atomic E-state index is 0.146. The number of carboxylic acid groups (broad SMARTS) is 1. The van der Waals surface area contributed by atoms with Gasteiger partial charge in [0.25, 0.3) is 0 Å². The normalized spacial score (nSPS) is 13.1. The zero-order valence-corrected chi connectivity index (χ0v) is 40.3. The number of hydrogen-bond acceptors (Lipinski definition) is 8. The molecule has 0 aromatic rings. The predicted octanol–water partition coefficient (Wildman–Crippen LogP) is 12.4. The Morgan fingerprint density at radius 1 is 0.492 bits per heavy atom. The van der Waals surface area contributed by atoms with E-state index in [1.165, 1.54) is 122 Å². The van der Waals surface area contributed by atoms with E-state index in [4.69, 9.17) is 18.9 Å². The lowest BCUT2D eigenvalue weighted by Gasteiger charge is -2.26. The van der Waals surface area contributed by atoms with E-state index in [0.717, 1.165) is 64.2 Å². The standard InChI is InChI=1S/C52H95NO8/c1-6-8-10-12-14-16-18-20-21-22-23-24-25-26-27-28-29-31-33-35-37-39-41-43-50(55)61-48(47-60-52(51(56)57)58-45-44-53(3,4)5)46-59-49(54)42-40-38-36-34-32-30-19-17-15-13-11-9-7-2/h17-20,22-23,48,52H,6-16,21,24-47H2,1-5H3/b19-17-,20-18-,23-22-. The van der Waals surface area contributed by atoms with Gasteiger partial charge in [0.15, 0.2) is 12.4 Å². The lowest BCUT2D eigenvalue weighted by atomic mass is 10.0. The number of carbonyl (C=O) groups excluding carboxylic acids is 3. The summed E-state index contributed by atoms with van der Waals surface area (Å²) >= 11 is 0. The number of aliphatic carboxylic acids is 1. The zero-order valence-electron chi connectivity index (χ0n) is 40.3. The molecule has 0 bridgehead atoms. The van der Waals surface area contributed by atoms with E-state index in [-0.39, 0.29) is 38.6 Å². The van der Waals surface area contributed by atoms with Gasteiger partial charge in [0.05, 0.1) is 40.3 Å². The lowest BCUT2D eigenvalue weighted by Crippen LogP contribution is -2.44. The highest BCUT2D eigenvalue weighted by atomic mass is 16.7. The minimum atomic E-state index is -1.62. The molecule has 0 aliphatic carbocycles. The Balaban J connectivity index is 4.31. The summed E-state index contributed by atoms with van der Waals surface area (Å²) in [6.07, 6.45) is 47.5. The fraction of sp³-hybridized carbons (Fsp3) is 0.827. The van der Waals surface area contributed by atoms with Crippen LogP contribution in [0.5, 0.6) is 0 Å². The third-order valence-electron chi connectivity index (χ3n) is 10.9. The van der Waals surface area contributed by atoms with E-state index in [0.29, 0.717) is 17.4 Å². The number of likely N-dealkylation sites (N-methyl/N-ethyl adjacent to an activating group) is 1. The Kier molecular flexibility index (Phi) is 42.3. The van der Waals surface area contributed by atoms with Gasteiger partial charge >= 0.3 is 11.9 Å². The third-order valence-corrected chi connectivity index (χ3v) is 10.9. The summed E-state index contributed by atoms with van der Waals surface area (Å²) in [4.78, 5) is 37.1. The van der Waals surface area contributed by atoms with Crippen LogP contribution in [0.15, 0.2) is 36.5 Å². The molecular weight excluding hydrogens is 767 g/mol. The summed E-state index contributed by atoms with van der Waals surface area (Å²) < 4.78 is 22.6. The summed E-state index contributed by atoms with van der Waals surface area (Å²) in [5.74, 6) is -2.29. The number of quaternary nitrogens is 1. The van der Waals surface area contributed by atoms with Crippen molar-refractivity contribution < 1.29 is 42.9 Å². The predicted molar refractivity (Wildman–Crippen MR) is 251 cm³/mol. The van der Waals surface area contributed by atoms with Crippen molar-refractivity contribution in [3.05, 3.63) is 36.5 Å². The van der Waals surface area contributed by atoms with E-state index >= 15 is 0 Å². The summed E-state index contributed by atoms with van der Waals surface area (Å²) in [7, 11) is 5.91. The smallest absolute Gasteiger partial charge is 0.306 e. The van der Waals surface area contributed by atoms with Gasteiger partial charge in [-0.1, -0.05) is 172 Å². The highest BCUT2D eigenvalue weighted by Gasteiger charge is 2.21. The molecule has 0 N–H and O–H groups in total. The van der Waals surface area contributed by atoms with E-state index in [2.05, 4.69) is 50.3 Å². The first-order valence-electron chi connectivity index (χ1n) is 25.1. The molecule has 0 aromatic carbocycles. The minimum Gasteiger partial charge on any atom is -0.545 e. The van der Waals surface area contributed by atoms with Gasteiger partial charge in [-0.05, 0) is 70.6 Å². The summed E-state index contributed by atoms with van der Waals surface area (Å²) in [5, 5.41) is 11.7. The molecule has 0 aliphatic rings. The van der Waals surface area contributed by atoms with Crippen LogP contribution >= 0.6 is 0 Å². The molecule has 9 nitrogen and oxygen atoms in total. The van der Waals surface area contributed by atoms with Crippen LogP contribution < -0.4 is 5.11 Å². The van der Waals surface area contributed by atoms with Gasteiger partial charge in [-0.2, -0.15) is 0 Å². The zero-order chi connectivity index (χ0) is 44.9. The van der Waals surface area contributed by atoms with Crippen LogP contribution in [0, 0.1) is 0 Å². The molecule has 0 heterocycles. The van der Waals surface area contributed by atoms with Crippen molar-refractivity contribution >= 4 is 17.9 Å². The van der Waals surface area contributed by atoms with E-state index in [1.807, 2.05) is 21.1 Å². The van der Waals surface area contributed by atoms with Crippen molar-refractivity contribution in [2.24, 2.45) is 0 Å². The van der Waals surface area contributed by atoms with Crippen molar-refractivity contribution in [1.82, 2.24) is 0 Å². The summed E-state index contributed by atoms with van der Waals surface area (Å²) in [6.45, 7) is 4.71. The fourth-order valence-electron chi connectivity index (χ4n) is 6.91. The Bertz CT molecular complexity index is 1100. The Morgan fingerprint density at radius 3 is 1.33 bits per heavy atom. The average molecular weight is 862 g/mol. The van der Waals surface area contributed by atoms with Gasteiger partial charge in [-0.15, -0.1) is 0 Å². The number of rotatable bonds is 46. The van der Waals surface area contributed by atoms with Crippen LogP contribution in [0.25, 0.3) is 0 Å². The summed E-state index contributed by atoms with van der Waals surface area (Å²) in [5.41, 5.74) is 0. The van der Waals surface area contributed by atoms with E-state index in [1.54, 1.807) is 0 Å². The molecular formula is C52H95NO8. The molecule has 356 valence electrons. The monoisotopic (exact) mass is 862 g/mol. The number of nitrogens with zero attached hydrogens (tertiary/aromatic N) is 1. The van der Waals surface area contributed by atoms with Gasteiger partial charge in [-0.25, -0.2) is 0 Å². The first kappa shape index (κ1) is 58.5. The molecule has 61 heavy (non-hydrogen) atoms. The number of unbranched alkanes of at least 4 members (excludes halogenated alkanes) is 25. The molecule has 0 radical (unpaired) electrons. The second-order valence-corrected chi connectivity index (χ2v) is 18.1. The Labute approximate surface area is 375 Å². The van der Waals surface area contributed by atoms with E-state index < -0.39 is 24.3 Å². The molecule has 2 atom stereocenters. The molecule has 0 saturated carbocycles. The molecule has 0 fully saturated rings. The van der Waals surface area contributed by atoms with Crippen molar-refractivity contribution in [3.63, 3.8) is 0 Å². The van der Waals surface area contributed by atoms with Crippen LogP contribution in [-0.2, 0) is 33.3 Å². The molecule has 0 amide bonds. The second-order valence-electron chi connectivity index (χ2n) is 18.1. The van der Waals surface area contributed by atoms with Gasteiger partial charge in [0.1, 0.15) is 13.2 Å². The maximum atomic E-state index is 12.8. The van der Waals surface area contributed by atoms with Crippen LogP contribution in [0.2, 0.25) is 0 Å². The number of allylic oxidation sites excluding steroid dienone is 6.